The second-order valence-corrected chi connectivity index (χ2v) is 8.30. The molecule has 0 saturated carbocycles. The van der Waals surface area contributed by atoms with Crippen LogP contribution in [-0.2, 0) is 27.9 Å². The maximum atomic E-state index is 11.9. The predicted octanol–water partition coefficient (Wildman–Crippen LogP) is 1.73. The lowest BCUT2D eigenvalue weighted by Crippen LogP contribution is -2.45. The summed E-state index contributed by atoms with van der Waals surface area (Å²) < 4.78 is 21.4. The van der Waals surface area contributed by atoms with Gasteiger partial charge >= 0.3 is 8.56 Å². The number of ether oxygens (including phenoxy) is 2. The third-order valence-electron chi connectivity index (χ3n) is 2.90. The molecular formula is C12H22O6Si. The van der Waals surface area contributed by atoms with Crippen molar-refractivity contribution in [1.29, 1.82) is 0 Å². The zero-order valence-corrected chi connectivity index (χ0v) is 13.0. The molecule has 0 aromatic carbocycles. The predicted molar refractivity (Wildman–Crippen MR) is 69.5 cm³/mol. The lowest BCUT2D eigenvalue weighted by atomic mass is 10.2. The number of carbonyl (C=O) groups excluding carboxylic acids is 2. The highest BCUT2D eigenvalue weighted by Gasteiger charge is 2.40. The van der Waals surface area contributed by atoms with Gasteiger partial charge in [-0.15, -0.1) is 0 Å². The third kappa shape index (κ3) is 5.29. The van der Waals surface area contributed by atoms with Gasteiger partial charge < -0.3 is 18.3 Å². The van der Waals surface area contributed by atoms with Crippen LogP contribution in [0.2, 0.25) is 12.6 Å². The van der Waals surface area contributed by atoms with Crippen molar-refractivity contribution in [1.82, 2.24) is 0 Å². The van der Waals surface area contributed by atoms with Crippen molar-refractivity contribution in [3.05, 3.63) is 0 Å². The van der Waals surface area contributed by atoms with Crippen LogP contribution >= 0.6 is 0 Å². The molecule has 1 aliphatic rings. The molecule has 0 amide bonds. The molecule has 1 unspecified atom stereocenters. The first-order chi connectivity index (χ1) is 8.79. The molecule has 1 saturated heterocycles. The van der Waals surface area contributed by atoms with E-state index >= 15 is 0 Å². The van der Waals surface area contributed by atoms with Gasteiger partial charge in [0.25, 0.3) is 11.9 Å². The Kier molecular flexibility index (Phi) is 5.51. The van der Waals surface area contributed by atoms with E-state index in [-0.39, 0.29) is 6.42 Å². The van der Waals surface area contributed by atoms with Gasteiger partial charge in [-0.2, -0.15) is 0 Å². The summed E-state index contributed by atoms with van der Waals surface area (Å²) in [6.07, 6.45) is 0.816. The van der Waals surface area contributed by atoms with E-state index in [0.717, 1.165) is 6.42 Å². The first-order valence-electron chi connectivity index (χ1n) is 6.48. The summed E-state index contributed by atoms with van der Waals surface area (Å²) in [5, 5.41) is 0. The van der Waals surface area contributed by atoms with Crippen LogP contribution in [0.25, 0.3) is 0 Å². The fourth-order valence-corrected chi connectivity index (χ4v) is 3.28. The van der Waals surface area contributed by atoms with E-state index in [1.54, 1.807) is 13.5 Å². The SMILES string of the molecule is CC[Si](C)(OC(C)=O)OC(=O)CC1(C)OCCCO1. The highest BCUT2D eigenvalue weighted by atomic mass is 28.4. The van der Waals surface area contributed by atoms with Crippen molar-refractivity contribution in [3.8, 4) is 0 Å². The van der Waals surface area contributed by atoms with E-state index in [0.29, 0.717) is 19.3 Å². The second-order valence-electron chi connectivity index (χ2n) is 4.92. The van der Waals surface area contributed by atoms with E-state index in [1.165, 1.54) is 6.92 Å². The molecule has 6 nitrogen and oxygen atoms in total. The molecule has 1 aliphatic heterocycles. The van der Waals surface area contributed by atoms with E-state index in [4.69, 9.17) is 18.3 Å². The highest BCUT2D eigenvalue weighted by Crippen LogP contribution is 2.24. The van der Waals surface area contributed by atoms with Crippen LogP contribution in [0.5, 0.6) is 0 Å². The minimum Gasteiger partial charge on any atom is -0.485 e. The summed E-state index contributed by atoms with van der Waals surface area (Å²) in [6.45, 7) is 7.68. The monoisotopic (exact) mass is 290 g/mol. The maximum Gasteiger partial charge on any atom is 0.460 e. The van der Waals surface area contributed by atoms with Crippen LogP contribution in [0, 0.1) is 0 Å². The zero-order valence-electron chi connectivity index (χ0n) is 12.0. The van der Waals surface area contributed by atoms with Gasteiger partial charge in [0.1, 0.15) is 0 Å². The molecule has 0 radical (unpaired) electrons. The molecule has 0 spiro atoms. The van der Waals surface area contributed by atoms with Gasteiger partial charge in [0, 0.05) is 19.5 Å². The van der Waals surface area contributed by atoms with Crippen LogP contribution < -0.4 is 0 Å². The van der Waals surface area contributed by atoms with Crippen LogP contribution in [0.15, 0.2) is 0 Å². The molecule has 0 aromatic rings. The van der Waals surface area contributed by atoms with Crippen molar-refractivity contribution in [3.63, 3.8) is 0 Å². The topological polar surface area (TPSA) is 71.1 Å². The van der Waals surface area contributed by atoms with E-state index in [2.05, 4.69) is 0 Å². The Morgan fingerprint density at radius 1 is 1.26 bits per heavy atom. The largest absolute Gasteiger partial charge is 0.485 e. The average molecular weight is 290 g/mol. The van der Waals surface area contributed by atoms with E-state index in [9.17, 15) is 9.59 Å². The highest BCUT2D eigenvalue weighted by molar-refractivity contribution is 6.68. The molecule has 7 heteroatoms. The summed E-state index contributed by atoms with van der Waals surface area (Å²) in [6, 6.07) is 0.511. The van der Waals surface area contributed by atoms with Crippen molar-refractivity contribution < 1.29 is 27.9 Å². The lowest BCUT2D eigenvalue weighted by Gasteiger charge is -2.34. The minimum absolute atomic E-state index is 0.00312. The van der Waals surface area contributed by atoms with Crippen molar-refractivity contribution in [2.45, 2.75) is 52.0 Å². The smallest absolute Gasteiger partial charge is 0.460 e. The molecule has 1 fully saturated rings. The summed E-state index contributed by atoms with van der Waals surface area (Å²) in [4.78, 5) is 23.0. The molecule has 1 heterocycles. The Balaban J connectivity index is 2.55. The molecule has 0 aromatic heterocycles. The third-order valence-corrected chi connectivity index (χ3v) is 5.56. The van der Waals surface area contributed by atoms with E-state index in [1.807, 2.05) is 6.92 Å². The first-order valence-corrected chi connectivity index (χ1v) is 9.00. The van der Waals surface area contributed by atoms with Gasteiger partial charge in [0.2, 0.25) is 0 Å². The molecule has 110 valence electrons. The van der Waals surface area contributed by atoms with Crippen molar-refractivity contribution >= 4 is 20.5 Å². The van der Waals surface area contributed by atoms with E-state index < -0.39 is 26.3 Å². The van der Waals surface area contributed by atoms with Crippen LogP contribution in [0.3, 0.4) is 0 Å². The normalized spacial score (nSPS) is 21.3. The Morgan fingerprint density at radius 2 is 1.84 bits per heavy atom. The lowest BCUT2D eigenvalue weighted by molar-refractivity contribution is -0.258. The zero-order chi connectivity index (χ0) is 14.5. The molecular weight excluding hydrogens is 268 g/mol. The molecule has 1 atom stereocenters. The van der Waals surface area contributed by atoms with Crippen LogP contribution in [-0.4, -0.2) is 39.5 Å². The number of hydrogen-bond acceptors (Lipinski definition) is 6. The second kappa shape index (κ2) is 6.49. The van der Waals surface area contributed by atoms with Crippen LogP contribution in [0.1, 0.15) is 33.6 Å². The minimum atomic E-state index is -2.78. The quantitative estimate of drug-likeness (QED) is 0.718. The molecule has 19 heavy (non-hydrogen) atoms. The number of rotatable bonds is 5. The summed E-state index contributed by atoms with van der Waals surface area (Å²) >= 11 is 0. The van der Waals surface area contributed by atoms with Gasteiger partial charge in [-0.1, -0.05) is 6.92 Å². The van der Waals surface area contributed by atoms with Gasteiger partial charge in [-0.25, -0.2) is 0 Å². The van der Waals surface area contributed by atoms with Gasteiger partial charge in [-0.05, 0) is 13.3 Å². The summed E-state index contributed by atoms with van der Waals surface area (Å²) in [5.41, 5.74) is 0. The standard InChI is InChI=1S/C12H22O6Si/c1-5-19(4,17-10(2)13)18-11(14)9-12(3)15-7-6-8-16-12/h5-9H2,1-4H3. The van der Waals surface area contributed by atoms with Crippen LogP contribution in [0.4, 0.5) is 0 Å². The molecule has 0 bridgehead atoms. The molecule has 1 rings (SSSR count). The van der Waals surface area contributed by atoms with Crippen molar-refractivity contribution in [2.24, 2.45) is 0 Å². The molecule has 0 N–H and O–H groups in total. The number of carbonyl (C=O) groups is 2. The van der Waals surface area contributed by atoms with Gasteiger partial charge in [0.05, 0.1) is 19.6 Å². The maximum absolute atomic E-state index is 11.9. The fourth-order valence-electron chi connectivity index (χ4n) is 1.79. The average Bonchev–Trinajstić information content (AvgIpc) is 2.27. The Hall–Kier alpha value is -0.923. The number of hydrogen-bond donors (Lipinski definition) is 0. The Bertz CT molecular complexity index is 339. The fraction of sp³-hybridized carbons (Fsp3) is 0.833. The molecule has 0 aliphatic carbocycles. The Labute approximate surface area is 114 Å². The van der Waals surface area contributed by atoms with Gasteiger partial charge in [0.15, 0.2) is 5.79 Å². The van der Waals surface area contributed by atoms with Crippen molar-refractivity contribution in [2.75, 3.05) is 13.2 Å². The summed E-state index contributed by atoms with van der Waals surface area (Å²) in [5.74, 6) is -1.82. The first kappa shape index (κ1) is 16.1. The Morgan fingerprint density at radius 3 is 2.32 bits per heavy atom. The van der Waals surface area contributed by atoms with Gasteiger partial charge in [-0.3, -0.25) is 9.59 Å². The summed E-state index contributed by atoms with van der Waals surface area (Å²) in [7, 11) is -2.78.